The average molecular weight is 180 g/mol. The predicted molar refractivity (Wildman–Crippen MR) is 52.3 cm³/mol. The average Bonchev–Trinajstić information content (AvgIpc) is 2.58. The maximum absolute atomic E-state index is 9.32. The highest BCUT2D eigenvalue weighted by atomic mass is 32.1. The number of allylic oxidation sites excluding steroid dienone is 1. The van der Waals surface area contributed by atoms with Crippen LogP contribution < -0.4 is 0 Å². The molecule has 1 aliphatic carbocycles. The van der Waals surface area contributed by atoms with E-state index in [9.17, 15) is 5.11 Å². The highest BCUT2D eigenvalue weighted by Gasteiger charge is 2.15. The summed E-state index contributed by atoms with van der Waals surface area (Å²) in [6.45, 7) is 2.13. The third-order valence-corrected chi connectivity index (χ3v) is 3.15. The lowest BCUT2D eigenvalue weighted by atomic mass is 10.1. The summed E-state index contributed by atoms with van der Waals surface area (Å²) in [6.07, 6.45) is 3.69. The van der Waals surface area contributed by atoms with Crippen LogP contribution in [0.2, 0.25) is 0 Å². The van der Waals surface area contributed by atoms with Crippen LogP contribution in [0.25, 0.3) is 5.57 Å². The van der Waals surface area contributed by atoms with Crippen molar-refractivity contribution in [2.24, 2.45) is 0 Å². The van der Waals surface area contributed by atoms with E-state index in [1.807, 2.05) is 6.08 Å². The zero-order chi connectivity index (χ0) is 8.55. The van der Waals surface area contributed by atoms with E-state index >= 15 is 0 Å². The van der Waals surface area contributed by atoms with Gasteiger partial charge in [0.2, 0.25) is 0 Å². The molecule has 0 spiro atoms. The van der Waals surface area contributed by atoms with Gasteiger partial charge in [0.15, 0.2) is 0 Å². The summed E-state index contributed by atoms with van der Waals surface area (Å²) in [4.78, 5) is 1.36. The molecule has 1 heterocycles. The molecule has 0 fully saturated rings. The minimum Gasteiger partial charge on any atom is -0.389 e. The van der Waals surface area contributed by atoms with E-state index in [0.29, 0.717) is 0 Å². The molecule has 0 saturated heterocycles. The van der Waals surface area contributed by atoms with E-state index in [0.717, 1.165) is 12.8 Å². The van der Waals surface area contributed by atoms with Crippen molar-refractivity contribution in [3.8, 4) is 0 Å². The largest absolute Gasteiger partial charge is 0.389 e. The van der Waals surface area contributed by atoms with Gasteiger partial charge in [-0.15, -0.1) is 11.3 Å². The van der Waals surface area contributed by atoms with Crippen LogP contribution in [0, 0.1) is 6.92 Å². The van der Waals surface area contributed by atoms with Crippen LogP contribution in [0.4, 0.5) is 0 Å². The third kappa shape index (κ3) is 1.32. The maximum Gasteiger partial charge on any atom is 0.0730 e. The van der Waals surface area contributed by atoms with Crippen molar-refractivity contribution >= 4 is 16.9 Å². The van der Waals surface area contributed by atoms with Gasteiger partial charge in [0, 0.05) is 4.88 Å². The molecule has 1 unspecified atom stereocenters. The molecule has 0 aromatic carbocycles. The molecule has 0 bridgehead atoms. The molecule has 2 heteroatoms. The summed E-state index contributed by atoms with van der Waals surface area (Å²) in [6, 6.07) is 2.14. The summed E-state index contributed by atoms with van der Waals surface area (Å²) in [5, 5.41) is 11.4. The van der Waals surface area contributed by atoms with Gasteiger partial charge in [-0.3, -0.25) is 0 Å². The van der Waals surface area contributed by atoms with Gasteiger partial charge in [-0.05, 0) is 42.3 Å². The Morgan fingerprint density at radius 3 is 2.92 bits per heavy atom. The molecule has 1 N–H and O–H groups in total. The Labute approximate surface area is 76.4 Å². The van der Waals surface area contributed by atoms with E-state index in [1.165, 1.54) is 16.0 Å². The Kier molecular flexibility index (Phi) is 2.03. The summed E-state index contributed by atoms with van der Waals surface area (Å²) in [7, 11) is 0. The van der Waals surface area contributed by atoms with Crippen LogP contribution in [-0.4, -0.2) is 11.2 Å². The molecule has 1 aromatic heterocycles. The second-order valence-electron chi connectivity index (χ2n) is 3.19. The second-order valence-corrected chi connectivity index (χ2v) is 4.31. The summed E-state index contributed by atoms with van der Waals surface area (Å²) in [5.74, 6) is 0. The molecule has 12 heavy (non-hydrogen) atoms. The molecule has 64 valence electrons. The lowest BCUT2D eigenvalue weighted by Crippen LogP contribution is -1.93. The first-order valence-electron chi connectivity index (χ1n) is 4.20. The Morgan fingerprint density at radius 2 is 2.42 bits per heavy atom. The molecule has 1 aliphatic rings. The highest BCUT2D eigenvalue weighted by Crippen LogP contribution is 2.31. The second kappa shape index (κ2) is 3.04. The van der Waals surface area contributed by atoms with E-state index in [2.05, 4.69) is 18.4 Å². The van der Waals surface area contributed by atoms with E-state index in [-0.39, 0.29) is 6.10 Å². The molecule has 0 aliphatic heterocycles. The van der Waals surface area contributed by atoms with Crippen molar-refractivity contribution in [2.75, 3.05) is 0 Å². The minimum absolute atomic E-state index is 0.209. The molecule has 0 amide bonds. The van der Waals surface area contributed by atoms with Crippen LogP contribution in [0.3, 0.4) is 0 Å². The van der Waals surface area contributed by atoms with Gasteiger partial charge in [0.25, 0.3) is 0 Å². The highest BCUT2D eigenvalue weighted by molar-refractivity contribution is 7.10. The van der Waals surface area contributed by atoms with Gasteiger partial charge >= 0.3 is 0 Å². The van der Waals surface area contributed by atoms with Crippen molar-refractivity contribution < 1.29 is 5.11 Å². The Balaban J connectivity index is 2.32. The van der Waals surface area contributed by atoms with Gasteiger partial charge < -0.3 is 5.11 Å². The lowest BCUT2D eigenvalue weighted by molar-refractivity contribution is 0.223. The van der Waals surface area contributed by atoms with E-state index in [4.69, 9.17) is 0 Å². The van der Waals surface area contributed by atoms with E-state index in [1.54, 1.807) is 11.3 Å². The van der Waals surface area contributed by atoms with Crippen molar-refractivity contribution in [3.63, 3.8) is 0 Å². The zero-order valence-corrected chi connectivity index (χ0v) is 7.90. The number of hydrogen-bond acceptors (Lipinski definition) is 2. The van der Waals surface area contributed by atoms with Gasteiger partial charge in [-0.25, -0.2) is 0 Å². The third-order valence-electron chi connectivity index (χ3n) is 2.31. The van der Waals surface area contributed by atoms with Crippen molar-refractivity contribution in [3.05, 3.63) is 28.0 Å². The van der Waals surface area contributed by atoms with Gasteiger partial charge in [0.05, 0.1) is 6.10 Å². The fraction of sp³-hybridized carbons (Fsp3) is 0.400. The SMILES string of the molecule is Cc1sccc1C1=CC(O)CC1. The van der Waals surface area contributed by atoms with Crippen molar-refractivity contribution in [2.45, 2.75) is 25.9 Å². The standard InChI is InChI=1S/C10H12OS/c1-7-10(4-5-12-7)8-2-3-9(11)6-8/h4-6,9,11H,2-3H2,1H3. The fourth-order valence-corrected chi connectivity index (χ4v) is 2.38. The molecule has 1 aromatic rings. The Hall–Kier alpha value is -0.600. The van der Waals surface area contributed by atoms with Crippen molar-refractivity contribution in [1.82, 2.24) is 0 Å². The molecule has 1 atom stereocenters. The summed E-state index contributed by atoms with van der Waals surface area (Å²) < 4.78 is 0. The first-order valence-corrected chi connectivity index (χ1v) is 5.08. The molecule has 1 nitrogen and oxygen atoms in total. The number of aliphatic hydroxyl groups excluding tert-OH is 1. The molecule has 2 rings (SSSR count). The number of rotatable bonds is 1. The fourth-order valence-electron chi connectivity index (χ4n) is 1.64. The molecular formula is C10H12OS. The smallest absolute Gasteiger partial charge is 0.0730 e. The van der Waals surface area contributed by atoms with Gasteiger partial charge in [-0.2, -0.15) is 0 Å². The molecular weight excluding hydrogens is 168 g/mol. The van der Waals surface area contributed by atoms with Crippen LogP contribution in [0.5, 0.6) is 0 Å². The quantitative estimate of drug-likeness (QED) is 0.704. The first kappa shape index (κ1) is 8.02. The number of aryl methyl sites for hydroxylation is 1. The van der Waals surface area contributed by atoms with Crippen LogP contribution in [0.1, 0.15) is 23.3 Å². The number of hydrogen-bond donors (Lipinski definition) is 1. The minimum atomic E-state index is -0.209. The van der Waals surface area contributed by atoms with Gasteiger partial charge in [-0.1, -0.05) is 6.08 Å². The number of thiophene rings is 1. The summed E-state index contributed by atoms with van der Waals surface area (Å²) >= 11 is 1.77. The lowest BCUT2D eigenvalue weighted by Gasteiger charge is -1.98. The topological polar surface area (TPSA) is 20.2 Å². The monoisotopic (exact) mass is 180 g/mol. The first-order chi connectivity index (χ1) is 5.77. The Morgan fingerprint density at radius 1 is 1.58 bits per heavy atom. The summed E-state index contributed by atoms with van der Waals surface area (Å²) in [5.41, 5.74) is 2.65. The van der Waals surface area contributed by atoms with Crippen LogP contribution in [-0.2, 0) is 0 Å². The van der Waals surface area contributed by atoms with Gasteiger partial charge in [0.1, 0.15) is 0 Å². The Bertz CT molecular complexity index is 311. The molecule has 0 radical (unpaired) electrons. The molecule has 0 saturated carbocycles. The predicted octanol–water partition coefficient (Wildman–Crippen LogP) is 2.59. The van der Waals surface area contributed by atoms with Crippen LogP contribution in [0.15, 0.2) is 17.5 Å². The normalized spacial score (nSPS) is 22.8. The maximum atomic E-state index is 9.32. The number of aliphatic hydroxyl groups is 1. The van der Waals surface area contributed by atoms with Crippen LogP contribution >= 0.6 is 11.3 Å². The van der Waals surface area contributed by atoms with Crippen molar-refractivity contribution in [1.29, 1.82) is 0 Å². The van der Waals surface area contributed by atoms with E-state index < -0.39 is 0 Å². The zero-order valence-electron chi connectivity index (χ0n) is 7.08.